The fourth-order valence-corrected chi connectivity index (χ4v) is 1.73. The molecule has 0 aromatic heterocycles. The molecule has 2 aromatic rings. The van der Waals surface area contributed by atoms with E-state index in [0.29, 0.717) is 0 Å². The zero-order chi connectivity index (χ0) is 11.9. The minimum absolute atomic E-state index is 0.840. The Kier molecular flexibility index (Phi) is 3.98. The van der Waals surface area contributed by atoms with Crippen LogP contribution in [0.15, 0.2) is 72.9 Å². The molecule has 0 aliphatic carbocycles. The van der Waals surface area contributed by atoms with Gasteiger partial charge in [-0.25, -0.2) is 0 Å². The van der Waals surface area contributed by atoms with Gasteiger partial charge in [0.2, 0.25) is 0 Å². The molecule has 0 amide bonds. The maximum atomic E-state index is 4.05. The summed E-state index contributed by atoms with van der Waals surface area (Å²) in [6.45, 7) is 4.89. The van der Waals surface area contributed by atoms with Gasteiger partial charge in [-0.2, -0.15) is 0 Å². The van der Waals surface area contributed by atoms with Crippen molar-refractivity contribution in [2.24, 2.45) is 0 Å². The van der Waals surface area contributed by atoms with Crippen LogP contribution in [0.3, 0.4) is 0 Å². The van der Waals surface area contributed by atoms with Crippen molar-refractivity contribution in [2.75, 3.05) is 0 Å². The lowest BCUT2D eigenvalue weighted by Gasteiger charge is -2.09. The smallest absolute Gasteiger partial charge is 0.0397 e. The molecule has 0 fully saturated rings. The molecule has 0 saturated carbocycles. The summed E-state index contributed by atoms with van der Waals surface area (Å²) in [5, 5.41) is 3.35. The summed E-state index contributed by atoms with van der Waals surface area (Å²) in [7, 11) is 0. The highest BCUT2D eigenvalue weighted by Crippen LogP contribution is 2.05. The second-order valence-corrected chi connectivity index (χ2v) is 4.11. The van der Waals surface area contributed by atoms with Crippen LogP contribution in [0.4, 0.5) is 0 Å². The first-order valence-corrected chi connectivity index (χ1v) is 5.84. The molecule has 0 aliphatic rings. The fraction of sp³-hybridized carbons (Fsp3) is 0.125. The highest BCUT2D eigenvalue weighted by Gasteiger charge is 1.96. The fourth-order valence-electron chi connectivity index (χ4n) is 1.73. The van der Waals surface area contributed by atoms with Crippen molar-refractivity contribution in [1.82, 2.24) is 5.32 Å². The van der Waals surface area contributed by atoms with Crippen LogP contribution in [0.1, 0.15) is 11.1 Å². The molecule has 0 aliphatic heterocycles. The average molecular weight is 223 g/mol. The van der Waals surface area contributed by atoms with Crippen molar-refractivity contribution >= 4 is 0 Å². The molecular formula is C16H17N. The predicted molar refractivity (Wildman–Crippen MR) is 72.6 cm³/mol. The van der Waals surface area contributed by atoms with Gasteiger partial charge in [0.15, 0.2) is 0 Å². The van der Waals surface area contributed by atoms with Crippen molar-refractivity contribution in [3.63, 3.8) is 0 Å². The van der Waals surface area contributed by atoms with E-state index in [1.54, 1.807) is 0 Å². The molecule has 0 saturated heterocycles. The van der Waals surface area contributed by atoms with Crippen molar-refractivity contribution in [3.8, 4) is 0 Å². The van der Waals surface area contributed by atoms with E-state index in [9.17, 15) is 0 Å². The number of hydrogen-bond donors (Lipinski definition) is 1. The highest BCUT2D eigenvalue weighted by molar-refractivity contribution is 5.21. The van der Waals surface area contributed by atoms with Gasteiger partial charge in [0.05, 0.1) is 0 Å². The van der Waals surface area contributed by atoms with Gasteiger partial charge in [-0.3, -0.25) is 0 Å². The van der Waals surface area contributed by atoms with Crippen LogP contribution < -0.4 is 5.32 Å². The van der Waals surface area contributed by atoms with Crippen molar-refractivity contribution in [3.05, 3.63) is 84.1 Å². The minimum atomic E-state index is 0.840. The topological polar surface area (TPSA) is 12.0 Å². The zero-order valence-electron chi connectivity index (χ0n) is 9.89. The summed E-state index contributed by atoms with van der Waals surface area (Å²) in [5.74, 6) is 0. The quantitative estimate of drug-likeness (QED) is 0.817. The normalized spacial score (nSPS) is 9.88. The van der Waals surface area contributed by atoms with E-state index in [1.807, 2.05) is 12.1 Å². The molecular weight excluding hydrogens is 206 g/mol. The molecule has 0 heterocycles. The standard InChI is InChI=1S/C16H17N/c1-14(12-15-8-4-2-5-9-15)17-13-16-10-6-3-7-11-16/h2-11,17H,1,12-13H2. The molecule has 0 unspecified atom stereocenters. The van der Waals surface area contributed by atoms with Gasteiger partial charge >= 0.3 is 0 Å². The van der Waals surface area contributed by atoms with Gasteiger partial charge in [0, 0.05) is 18.7 Å². The Balaban J connectivity index is 1.83. The summed E-state index contributed by atoms with van der Waals surface area (Å²) in [6, 6.07) is 20.7. The molecule has 0 spiro atoms. The van der Waals surface area contributed by atoms with E-state index < -0.39 is 0 Å². The van der Waals surface area contributed by atoms with Crippen molar-refractivity contribution in [1.29, 1.82) is 0 Å². The third-order valence-electron chi connectivity index (χ3n) is 2.65. The van der Waals surface area contributed by atoms with Crippen molar-refractivity contribution in [2.45, 2.75) is 13.0 Å². The Morgan fingerprint density at radius 2 is 1.35 bits per heavy atom. The van der Waals surface area contributed by atoms with Crippen molar-refractivity contribution < 1.29 is 0 Å². The van der Waals surface area contributed by atoms with E-state index in [-0.39, 0.29) is 0 Å². The number of rotatable bonds is 5. The molecule has 0 bridgehead atoms. The van der Waals surface area contributed by atoms with Gasteiger partial charge in [0.25, 0.3) is 0 Å². The maximum Gasteiger partial charge on any atom is 0.0397 e. The van der Waals surface area contributed by atoms with Gasteiger partial charge < -0.3 is 5.32 Å². The van der Waals surface area contributed by atoms with Crippen LogP contribution in [-0.2, 0) is 13.0 Å². The lowest BCUT2D eigenvalue weighted by Crippen LogP contribution is -2.13. The van der Waals surface area contributed by atoms with Gasteiger partial charge in [-0.05, 0) is 11.1 Å². The number of hydrogen-bond acceptors (Lipinski definition) is 1. The first kappa shape index (κ1) is 11.5. The molecule has 17 heavy (non-hydrogen) atoms. The third-order valence-corrected chi connectivity index (χ3v) is 2.65. The minimum Gasteiger partial charge on any atom is -0.384 e. The maximum absolute atomic E-state index is 4.05. The molecule has 2 rings (SSSR count). The van der Waals surface area contributed by atoms with Crippen LogP contribution in [0.5, 0.6) is 0 Å². The number of benzene rings is 2. The largest absolute Gasteiger partial charge is 0.384 e. The summed E-state index contributed by atoms with van der Waals surface area (Å²) in [6.07, 6.45) is 0.883. The first-order valence-electron chi connectivity index (χ1n) is 5.84. The molecule has 0 radical (unpaired) electrons. The second kappa shape index (κ2) is 5.90. The van der Waals surface area contributed by atoms with E-state index in [4.69, 9.17) is 0 Å². The van der Waals surface area contributed by atoms with E-state index in [0.717, 1.165) is 18.7 Å². The number of nitrogens with one attached hydrogen (secondary N) is 1. The molecule has 1 nitrogen and oxygen atoms in total. The molecule has 86 valence electrons. The van der Waals surface area contributed by atoms with E-state index >= 15 is 0 Å². The van der Waals surface area contributed by atoms with E-state index in [2.05, 4.69) is 60.4 Å². The SMILES string of the molecule is C=C(Cc1ccccc1)NCc1ccccc1. The Morgan fingerprint density at radius 1 is 0.824 bits per heavy atom. The molecule has 1 heteroatoms. The van der Waals surface area contributed by atoms with Crippen LogP contribution in [0.25, 0.3) is 0 Å². The Hall–Kier alpha value is -2.02. The Morgan fingerprint density at radius 3 is 1.94 bits per heavy atom. The number of allylic oxidation sites excluding steroid dienone is 1. The zero-order valence-corrected chi connectivity index (χ0v) is 9.89. The predicted octanol–water partition coefficient (Wildman–Crippen LogP) is 3.53. The third kappa shape index (κ3) is 3.80. The summed E-state index contributed by atoms with van der Waals surface area (Å²) in [4.78, 5) is 0. The van der Waals surface area contributed by atoms with Crippen LogP contribution in [0.2, 0.25) is 0 Å². The molecule has 2 aromatic carbocycles. The monoisotopic (exact) mass is 223 g/mol. The first-order chi connectivity index (χ1) is 8.34. The van der Waals surface area contributed by atoms with Gasteiger partial charge in [-0.1, -0.05) is 67.2 Å². The Bertz CT molecular complexity index is 459. The lowest BCUT2D eigenvalue weighted by atomic mass is 10.1. The van der Waals surface area contributed by atoms with Crippen LogP contribution in [-0.4, -0.2) is 0 Å². The van der Waals surface area contributed by atoms with Crippen LogP contribution >= 0.6 is 0 Å². The summed E-state index contributed by atoms with van der Waals surface area (Å²) in [5.41, 5.74) is 3.62. The van der Waals surface area contributed by atoms with Gasteiger partial charge in [0.1, 0.15) is 0 Å². The Labute approximate surface area is 103 Å². The highest BCUT2D eigenvalue weighted by atomic mass is 14.9. The lowest BCUT2D eigenvalue weighted by molar-refractivity contribution is 0.786. The van der Waals surface area contributed by atoms with Gasteiger partial charge in [-0.15, -0.1) is 0 Å². The van der Waals surface area contributed by atoms with E-state index in [1.165, 1.54) is 11.1 Å². The second-order valence-electron chi connectivity index (χ2n) is 4.11. The van der Waals surface area contributed by atoms with Crippen LogP contribution in [0, 0.1) is 0 Å². The molecule has 0 atom stereocenters. The summed E-state index contributed by atoms with van der Waals surface area (Å²) >= 11 is 0. The average Bonchev–Trinajstić information content (AvgIpc) is 2.39. The molecule has 1 N–H and O–H groups in total. The summed E-state index contributed by atoms with van der Waals surface area (Å²) < 4.78 is 0.